The lowest BCUT2D eigenvalue weighted by molar-refractivity contribution is -0.134. The first-order valence-corrected chi connectivity index (χ1v) is 8.18. The van der Waals surface area contributed by atoms with Crippen LogP contribution in [0.2, 0.25) is 0 Å². The molecule has 0 spiro atoms. The van der Waals surface area contributed by atoms with E-state index in [1.54, 1.807) is 0 Å². The van der Waals surface area contributed by atoms with E-state index in [0.29, 0.717) is 17.9 Å². The first kappa shape index (κ1) is 14.6. The van der Waals surface area contributed by atoms with Crippen LogP contribution in [0.5, 0.6) is 0 Å². The number of hydrogen-bond donors (Lipinski definition) is 0. The molecule has 1 saturated carbocycles. The molecule has 104 valence electrons. The average molecular weight is 324 g/mol. The molecule has 1 aromatic rings. The zero-order valence-electron chi connectivity index (χ0n) is 11.7. The maximum absolute atomic E-state index is 12.5. The molecule has 1 aliphatic carbocycles. The summed E-state index contributed by atoms with van der Waals surface area (Å²) in [6.07, 6.45) is 2.03. The van der Waals surface area contributed by atoms with Crippen LogP contribution in [0, 0.1) is 5.92 Å². The zero-order chi connectivity index (χ0) is 13.8. The Hall–Kier alpha value is -0.830. The highest BCUT2D eigenvalue weighted by molar-refractivity contribution is 9.09. The molecule has 0 heterocycles. The summed E-state index contributed by atoms with van der Waals surface area (Å²) in [6.45, 7) is 5.07. The lowest BCUT2D eigenvalue weighted by atomic mass is 10.1. The van der Waals surface area contributed by atoms with Crippen LogP contribution < -0.4 is 0 Å². The Bertz CT molecular complexity index is 418. The third kappa shape index (κ3) is 3.59. The van der Waals surface area contributed by atoms with Crippen molar-refractivity contribution in [3.63, 3.8) is 0 Å². The van der Waals surface area contributed by atoms with Crippen molar-refractivity contribution in [3.8, 4) is 0 Å². The van der Waals surface area contributed by atoms with Crippen LogP contribution in [0.15, 0.2) is 30.3 Å². The Morgan fingerprint density at radius 3 is 2.63 bits per heavy atom. The Labute approximate surface area is 124 Å². The van der Waals surface area contributed by atoms with E-state index in [9.17, 15) is 4.79 Å². The highest BCUT2D eigenvalue weighted by Gasteiger charge is 2.45. The fraction of sp³-hybridized carbons (Fsp3) is 0.562. The van der Waals surface area contributed by atoms with Crippen molar-refractivity contribution in [1.29, 1.82) is 0 Å². The van der Waals surface area contributed by atoms with Crippen LogP contribution in [0.4, 0.5) is 0 Å². The van der Waals surface area contributed by atoms with Crippen molar-refractivity contribution in [2.24, 2.45) is 5.92 Å². The van der Waals surface area contributed by atoms with E-state index in [-0.39, 0.29) is 5.92 Å². The lowest BCUT2D eigenvalue weighted by Gasteiger charge is -2.27. The molecule has 2 unspecified atom stereocenters. The van der Waals surface area contributed by atoms with Gasteiger partial charge >= 0.3 is 0 Å². The number of hydrogen-bond acceptors (Lipinski definition) is 1. The van der Waals surface area contributed by atoms with Crippen molar-refractivity contribution >= 4 is 21.8 Å². The van der Waals surface area contributed by atoms with E-state index in [4.69, 9.17) is 0 Å². The second-order valence-electron chi connectivity index (χ2n) is 5.53. The van der Waals surface area contributed by atoms with E-state index in [2.05, 4.69) is 54.0 Å². The van der Waals surface area contributed by atoms with Gasteiger partial charge in [0.15, 0.2) is 0 Å². The molecule has 0 bridgehead atoms. The number of amides is 1. The Balaban J connectivity index is 1.97. The first-order valence-electron chi connectivity index (χ1n) is 7.06. The van der Waals surface area contributed by atoms with E-state index in [1.807, 2.05) is 11.0 Å². The van der Waals surface area contributed by atoms with E-state index < -0.39 is 0 Å². The minimum Gasteiger partial charge on any atom is -0.340 e. The van der Waals surface area contributed by atoms with Crippen LogP contribution in [0.25, 0.3) is 0 Å². The molecule has 2 nitrogen and oxygen atoms in total. The van der Waals surface area contributed by atoms with Gasteiger partial charge in [0.05, 0.1) is 0 Å². The fourth-order valence-electron chi connectivity index (χ4n) is 2.60. The van der Waals surface area contributed by atoms with E-state index in [0.717, 1.165) is 24.7 Å². The van der Waals surface area contributed by atoms with Crippen molar-refractivity contribution in [1.82, 2.24) is 4.90 Å². The number of rotatable bonds is 6. The number of alkyl halides is 1. The topological polar surface area (TPSA) is 20.3 Å². The number of nitrogens with zero attached hydrogens (tertiary/aromatic N) is 1. The van der Waals surface area contributed by atoms with Gasteiger partial charge in [0, 0.05) is 23.8 Å². The van der Waals surface area contributed by atoms with Gasteiger partial charge in [-0.25, -0.2) is 0 Å². The molecular formula is C16H22BrNO. The maximum atomic E-state index is 12.5. The summed E-state index contributed by atoms with van der Waals surface area (Å²) in [4.78, 5) is 14.6. The summed E-state index contributed by atoms with van der Waals surface area (Å²) in [5.41, 5.74) is 1.31. The molecular weight excluding hydrogens is 302 g/mol. The SMILES string of the molecule is CC(C)N(CCCBr)C(=O)C1CC1c1ccccc1. The van der Waals surface area contributed by atoms with Gasteiger partial charge in [-0.1, -0.05) is 46.3 Å². The van der Waals surface area contributed by atoms with Crippen LogP contribution in [0.1, 0.15) is 38.2 Å². The van der Waals surface area contributed by atoms with E-state index in [1.165, 1.54) is 5.56 Å². The Morgan fingerprint density at radius 1 is 1.37 bits per heavy atom. The quantitative estimate of drug-likeness (QED) is 0.729. The molecule has 1 fully saturated rings. The number of benzene rings is 1. The largest absolute Gasteiger partial charge is 0.340 e. The minimum atomic E-state index is 0.208. The highest BCUT2D eigenvalue weighted by atomic mass is 79.9. The third-order valence-corrected chi connectivity index (χ3v) is 4.34. The van der Waals surface area contributed by atoms with Gasteiger partial charge in [-0.15, -0.1) is 0 Å². The van der Waals surface area contributed by atoms with Crippen LogP contribution in [0.3, 0.4) is 0 Å². The predicted octanol–water partition coefficient (Wildman–Crippen LogP) is 3.81. The summed E-state index contributed by atoms with van der Waals surface area (Å²) in [7, 11) is 0. The molecule has 0 radical (unpaired) electrons. The van der Waals surface area contributed by atoms with Crippen molar-refractivity contribution in [3.05, 3.63) is 35.9 Å². The van der Waals surface area contributed by atoms with Gasteiger partial charge < -0.3 is 4.90 Å². The van der Waals surface area contributed by atoms with Crippen LogP contribution >= 0.6 is 15.9 Å². The summed E-state index contributed by atoms with van der Waals surface area (Å²) < 4.78 is 0. The lowest BCUT2D eigenvalue weighted by Crippen LogP contribution is -2.39. The molecule has 2 rings (SSSR count). The summed E-state index contributed by atoms with van der Waals surface area (Å²) in [5.74, 6) is 0.990. The molecule has 1 aromatic carbocycles. The first-order chi connectivity index (χ1) is 9.15. The van der Waals surface area contributed by atoms with Gasteiger partial charge in [0.25, 0.3) is 0 Å². The second kappa shape index (κ2) is 6.56. The molecule has 19 heavy (non-hydrogen) atoms. The molecule has 3 heteroatoms. The molecule has 0 N–H and O–H groups in total. The van der Waals surface area contributed by atoms with Crippen LogP contribution in [-0.4, -0.2) is 28.7 Å². The monoisotopic (exact) mass is 323 g/mol. The smallest absolute Gasteiger partial charge is 0.226 e. The Morgan fingerprint density at radius 2 is 2.05 bits per heavy atom. The second-order valence-corrected chi connectivity index (χ2v) is 6.32. The standard InChI is InChI=1S/C16H22BrNO/c1-12(2)18(10-6-9-17)16(19)15-11-14(15)13-7-4-3-5-8-13/h3-5,7-8,12,14-15H,6,9-11H2,1-2H3. The summed E-state index contributed by atoms with van der Waals surface area (Å²) in [6, 6.07) is 10.7. The zero-order valence-corrected chi connectivity index (χ0v) is 13.3. The molecule has 0 aromatic heterocycles. The van der Waals surface area contributed by atoms with Gasteiger partial charge in [0.2, 0.25) is 5.91 Å². The van der Waals surface area contributed by atoms with Gasteiger partial charge in [0.1, 0.15) is 0 Å². The molecule has 1 aliphatic rings. The van der Waals surface area contributed by atoms with Gasteiger partial charge in [-0.3, -0.25) is 4.79 Å². The van der Waals surface area contributed by atoms with E-state index >= 15 is 0 Å². The maximum Gasteiger partial charge on any atom is 0.226 e. The molecule has 0 aliphatic heterocycles. The molecule has 0 saturated heterocycles. The average Bonchev–Trinajstić information content (AvgIpc) is 3.20. The predicted molar refractivity (Wildman–Crippen MR) is 82.6 cm³/mol. The van der Waals surface area contributed by atoms with Crippen molar-refractivity contribution in [2.75, 3.05) is 11.9 Å². The summed E-state index contributed by atoms with van der Waals surface area (Å²) >= 11 is 3.44. The normalized spacial score (nSPS) is 21.5. The number of carbonyl (C=O) groups excluding carboxylic acids is 1. The highest BCUT2D eigenvalue weighted by Crippen LogP contribution is 2.48. The minimum absolute atomic E-state index is 0.208. The molecule has 1 amide bonds. The van der Waals surface area contributed by atoms with Gasteiger partial charge in [-0.2, -0.15) is 0 Å². The van der Waals surface area contributed by atoms with Gasteiger partial charge in [-0.05, 0) is 38.2 Å². The third-order valence-electron chi connectivity index (χ3n) is 3.77. The molecule has 2 atom stereocenters. The van der Waals surface area contributed by atoms with Crippen molar-refractivity contribution < 1.29 is 4.79 Å². The summed E-state index contributed by atoms with van der Waals surface area (Å²) in [5, 5.41) is 0.955. The van der Waals surface area contributed by atoms with Crippen LogP contribution in [-0.2, 0) is 4.79 Å². The number of halogens is 1. The fourth-order valence-corrected chi connectivity index (χ4v) is 2.85. The van der Waals surface area contributed by atoms with Crippen molar-refractivity contribution in [2.45, 2.75) is 38.6 Å². The Kier molecular flexibility index (Phi) is 5.03. The number of carbonyl (C=O) groups is 1.